The van der Waals surface area contributed by atoms with Crippen molar-refractivity contribution >= 4 is 11.3 Å². The molecule has 0 spiro atoms. The Kier molecular flexibility index (Phi) is 3.33. The van der Waals surface area contributed by atoms with Crippen molar-refractivity contribution in [3.8, 4) is 10.6 Å². The number of rotatable bonds is 3. The van der Waals surface area contributed by atoms with Crippen molar-refractivity contribution < 1.29 is 5.11 Å². The van der Waals surface area contributed by atoms with E-state index in [1.54, 1.807) is 11.3 Å². The Bertz CT molecular complexity index is 467. The van der Waals surface area contributed by atoms with Crippen molar-refractivity contribution in [3.63, 3.8) is 0 Å². The smallest absolute Gasteiger partial charge is 0.123 e. The highest BCUT2D eigenvalue weighted by atomic mass is 32.1. The van der Waals surface area contributed by atoms with Crippen LogP contribution in [0.2, 0.25) is 0 Å². The molecule has 3 N–H and O–H groups in total. The van der Waals surface area contributed by atoms with Gasteiger partial charge in [0.05, 0.1) is 18.3 Å². The van der Waals surface area contributed by atoms with Crippen LogP contribution in [0.15, 0.2) is 30.3 Å². The van der Waals surface area contributed by atoms with Crippen molar-refractivity contribution in [2.24, 2.45) is 5.73 Å². The minimum absolute atomic E-state index is 0.0444. The number of hydrogen-bond donors (Lipinski definition) is 2. The molecule has 0 amide bonds. The van der Waals surface area contributed by atoms with E-state index in [0.717, 1.165) is 21.1 Å². The second kappa shape index (κ2) is 4.74. The maximum Gasteiger partial charge on any atom is 0.123 e. The molecule has 84 valence electrons. The lowest BCUT2D eigenvalue weighted by Gasteiger charge is -2.04. The van der Waals surface area contributed by atoms with Crippen molar-refractivity contribution in [1.82, 2.24) is 4.98 Å². The highest BCUT2D eigenvalue weighted by Gasteiger charge is 2.14. The summed E-state index contributed by atoms with van der Waals surface area (Å²) in [5, 5.41) is 10.0. The molecule has 4 heteroatoms. The fraction of sp³-hybridized carbons (Fsp3) is 0.250. The molecule has 1 aromatic heterocycles. The summed E-state index contributed by atoms with van der Waals surface area (Å²) in [5.74, 6) is 0. The summed E-state index contributed by atoms with van der Waals surface area (Å²) in [6.07, 6.45) is 0. The van der Waals surface area contributed by atoms with Crippen LogP contribution in [0.25, 0.3) is 10.6 Å². The summed E-state index contributed by atoms with van der Waals surface area (Å²) in [5.41, 5.74) is 7.80. The van der Waals surface area contributed by atoms with Crippen LogP contribution in [0, 0.1) is 6.92 Å². The molecule has 2 aromatic rings. The molecule has 1 aromatic carbocycles. The van der Waals surface area contributed by atoms with Gasteiger partial charge >= 0.3 is 0 Å². The second-order valence-corrected chi connectivity index (χ2v) is 4.65. The summed E-state index contributed by atoms with van der Waals surface area (Å²) in [6.45, 7) is 1.88. The molecule has 0 radical (unpaired) electrons. The molecule has 1 heterocycles. The molecular weight excluding hydrogens is 220 g/mol. The molecule has 0 saturated carbocycles. The molecule has 16 heavy (non-hydrogen) atoms. The molecule has 1 atom stereocenters. The van der Waals surface area contributed by atoms with Crippen molar-refractivity contribution in [3.05, 3.63) is 40.9 Å². The van der Waals surface area contributed by atoms with E-state index in [1.165, 1.54) is 0 Å². The molecule has 0 aliphatic carbocycles. The first-order valence-electron chi connectivity index (χ1n) is 5.11. The van der Waals surface area contributed by atoms with Crippen molar-refractivity contribution in [2.75, 3.05) is 6.61 Å². The third kappa shape index (κ3) is 2.14. The maximum atomic E-state index is 9.05. The Morgan fingerprint density at radius 1 is 1.38 bits per heavy atom. The number of aromatic nitrogens is 1. The molecule has 0 saturated heterocycles. The van der Waals surface area contributed by atoms with Crippen LogP contribution in [0.4, 0.5) is 0 Å². The molecule has 2 rings (SSSR count). The first kappa shape index (κ1) is 11.3. The molecule has 0 aliphatic heterocycles. The fourth-order valence-corrected chi connectivity index (χ4v) is 2.60. The number of nitrogens with two attached hydrogens (primary N) is 1. The van der Waals surface area contributed by atoms with Crippen molar-refractivity contribution in [1.29, 1.82) is 0 Å². The predicted octanol–water partition coefficient (Wildman–Crippen LogP) is 2.11. The van der Waals surface area contributed by atoms with E-state index >= 15 is 0 Å². The van der Waals surface area contributed by atoms with Gasteiger partial charge in [-0.3, -0.25) is 0 Å². The second-order valence-electron chi connectivity index (χ2n) is 3.62. The van der Waals surface area contributed by atoms with Crippen LogP contribution >= 0.6 is 11.3 Å². The van der Waals surface area contributed by atoms with E-state index < -0.39 is 0 Å². The molecule has 0 fully saturated rings. The van der Waals surface area contributed by atoms with Gasteiger partial charge in [-0.25, -0.2) is 4.98 Å². The Morgan fingerprint density at radius 3 is 2.69 bits per heavy atom. The lowest BCUT2D eigenvalue weighted by Crippen LogP contribution is -2.13. The van der Waals surface area contributed by atoms with Crippen LogP contribution in [0.1, 0.15) is 16.6 Å². The third-order valence-electron chi connectivity index (χ3n) is 2.39. The van der Waals surface area contributed by atoms with E-state index in [-0.39, 0.29) is 12.6 Å². The maximum absolute atomic E-state index is 9.05. The number of aryl methyl sites for hydroxylation is 1. The van der Waals surface area contributed by atoms with E-state index in [9.17, 15) is 0 Å². The van der Waals surface area contributed by atoms with Gasteiger partial charge < -0.3 is 10.8 Å². The number of benzene rings is 1. The Morgan fingerprint density at radius 2 is 2.06 bits per heavy atom. The van der Waals surface area contributed by atoms with E-state index in [1.807, 2.05) is 37.3 Å². The lowest BCUT2D eigenvalue weighted by atomic mass is 10.2. The van der Waals surface area contributed by atoms with Gasteiger partial charge in [0.1, 0.15) is 5.01 Å². The number of aliphatic hydroxyl groups is 1. The normalized spacial score (nSPS) is 12.7. The molecule has 0 aliphatic rings. The van der Waals surface area contributed by atoms with Gasteiger partial charge in [-0.05, 0) is 6.92 Å². The van der Waals surface area contributed by atoms with Crippen LogP contribution in [-0.4, -0.2) is 16.7 Å². The minimum atomic E-state index is -0.324. The largest absolute Gasteiger partial charge is 0.394 e. The zero-order valence-electron chi connectivity index (χ0n) is 9.05. The van der Waals surface area contributed by atoms with Gasteiger partial charge in [-0.15, -0.1) is 11.3 Å². The zero-order valence-corrected chi connectivity index (χ0v) is 9.87. The van der Waals surface area contributed by atoms with Crippen LogP contribution in [0.3, 0.4) is 0 Å². The molecular formula is C12H14N2OS. The fourth-order valence-electron chi connectivity index (χ4n) is 1.54. The van der Waals surface area contributed by atoms with Gasteiger partial charge in [0, 0.05) is 10.4 Å². The van der Waals surface area contributed by atoms with Gasteiger partial charge in [-0.2, -0.15) is 0 Å². The van der Waals surface area contributed by atoms with Gasteiger partial charge in [-0.1, -0.05) is 30.3 Å². The van der Waals surface area contributed by atoms with E-state index in [2.05, 4.69) is 4.98 Å². The van der Waals surface area contributed by atoms with Gasteiger partial charge in [0.15, 0.2) is 0 Å². The average Bonchev–Trinajstić information content (AvgIpc) is 2.71. The Balaban J connectivity index is 2.38. The van der Waals surface area contributed by atoms with E-state index in [4.69, 9.17) is 10.8 Å². The summed E-state index contributed by atoms with van der Waals surface area (Å²) in [7, 11) is 0. The summed E-state index contributed by atoms with van der Waals surface area (Å²) in [4.78, 5) is 5.44. The first-order valence-corrected chi connectivity index (χ1v) is 5.93. The van der Waals surface area contributed by atoms with E-state index in [0.29, 0.717) is 0 Å². The summed E-state index contributed by atoms with van der Waals surface area (Å²) >= 11 is 1.55. The SMILES string of the molecule is Cc1nc(-c2ccccc2)sc1C(N)CO. The average molecular weight is 234 g/mol. The molecule has 0 bridgehead atoms. The molecule has 3 nitrogen and oxygen atoms in total. The van der Waals surface area contributed by atoms with Gasteiger partial charge in [0.2, 0.25) is 0 Å². The Labute approximate surface area is 98.6 Å². The Hall–Kier alpha value is -1.23. The van der Waals surface area contributed by atoms with Crippen LogP contribution in [0.5, 0.6) is 0 Å². The summed E-state index contributed by atoms with van der Waals surface area (Å²) < 4.78 is 0. The number of aliphatic hydroxyl groups excluding tert-OH is 1. The third-order valence-corrected chi connectivity index (χ3v) is 3.73. The molecule has 1 unspecified atom stereocenters. The van der Waals surface area contributed by atoms with Gasteiger partial charge in [0.25, 0.3) is 0 Å². The predicted molar refractivity (Wildman–Crippen MR) is 66.3 cm³/mol. The van der Waals surface area contributed by atoms with Crippen molar-refractivity contribution in [2.45, 2.75) is 13.0 Å². The highest BCUT2D eigenvalue weighted by molar-refractivity contribution is 7.15. The zero-order chi connectivity index (χ0) is 11.5. The van der Waals surface area contributed by atoms with Crippen LogP contribution in [-0.2, 0) is 0 Å². The first-order chi connectivity index (χ1) is 7.72. The highest BCUT2D eigenvalue weighted by Crippen LogP contribution is 2.30. The monoisotopic (exact) mass is 234 g/mol. The number of thiazole rings is 1. The summed E-state index contributed by atoms with van der Waals surface area (Å²) in [6, 6.07) is 9.66. The number of hydrogen-bond acceptors (Lipinski definition) is 4. The quantitative estimate of drug-likeness (QED) is 0.855. The van der Waals surface area contributed by atoms with Crippen LogP contribution < -0.4 is 5.73 Å². The lowest BCUT2D eigenvalue weighted by molar-refractivity contribution is 0.269. The topological polar surface area (TPSA) is 59.1 Å². The number of nitrogens with zero attached hydrogens (tertiary/aromatic N) is 1. The minimum Gasteiger partial charge on any atom is -0.394 e. The standard InChI is InChI=1S/C12H14N2OS/c1-8-11(10(13)7-15)16-12(14-8)9-5-3-2-4-6-9/h2-6,10,15H,7,13H2,1H3.